The van der Waals surface area contributed by atoms with Crippen molar-refractivity contribution in [2.45, 2.75) is 63.9 Å². The zero-order chi connectivity index (χ0) is 15.2. The minimum Gasteiger partial charge on any atom is -0.378 e. The van der Waals surface area contributed by atoms with Crippen LogP contribution in [-0.2, 0) is 4.74 Å². The Morgan fingerprint density at radius 1 is 1.43 bits per heavy atom. The largest absolute Gasteiger partial charge is 0.378 e. The predicted molar refractivity (Wildman–Crippen MR) is 88.9 cm³/mol. The van der Waals surface area contributed by atoms with E-state index in [1.165, 1.54) is 12.8 Å². The van der Waals surface area contributed by atoms with Crippen molar-refractivity contribution < 1.29 is 9.53 Å². The van der Waals surface area contributed by atoms with Crippen LogP contribution in [0.15, 0.2) is 0 Å². The monoisotopic (exact) mass is 314 g/mol. The van der Waals surface area contributed by atoms with Crippen molar-refractivity contribution >= 4 is 17.8 Å². The van der Waals surface area contributed by atoms with Crippen LogP contribution >= 0.6 is 11.8 Å². The maximum Gasteiger partial charge on any atom is 0.317 e. The maximum atomic E-state index is 12.3. The van der Waals surface area contributed by atoms with E-state index in [4.69, 9.17) is 4.74 Å². The molecule has 3 atom stereocenters. The number of nitrogens with zero attached hydrogens (tertiary/aromatic N) is 1. The van der Waals surface area contributed by atoms with E-state index >= 15 is 0 Å². The number of ether oxygens (including phenoxy) is 1. The summed E-state index contributed by atoms with van der Waals surface area (Å²) in [4.78, 5) is 14.3. The predicted octanol–water partition coefficient (Wildman–Crippen LogP) is 3.12. The highest BCUT2D eigenvalue weighted by Gasteiger charge is 2.26. The average Bonchev–Trinajstić information content (AvgIpc) is 2.98. The van der Waals surface area contributed by atoms with Gasteiger partial charge in [0.2, 0.25) is 0 Å². The lowest BCUT2D eigenvalue weighted by molar-refractivity contribution is 0.0999. The molecule has 1 N–H and O–H groups in total. The zero-order valence-electron chi connectivity index (χ0n) is 13.6. The van der Waals surface area contributed by atoms with Crippen LogP contribution in [0.3, 0.4) is 0 Å². The van der Waals surface area contributed by atoms with E-state index in [-0.39, 0.29) is 12.1 Å². The van der Waals surface area contributed by atoms with Crippen LogP contribution in [-0.4, -0.2) is 53.8 Å². The number of hydrogen-bond acceptors (Lipinski definition) is 3. The molecular formula is C16H30N2O2S. The topological polar surface area (TPSA) is 41.6 Å². The lowest BCUT2D eigenvalue weighted by Gasteiger charge is -2.35. The summed E-state index contributed by atoms with van der Waals surface area (Å²) in [7, 11) is 0. The Bertz CT molecular complexity index is 332. The van der Waals surface area contributed by atoms with E-state index in [2.05, 4.69) is 26.1 Å². The molecule has 0 bridgehead atoms. The second-order valence-electron chi connectivity index (χ2n) is 6.66. The van der Waals surface area contributed by atoms with E-state index in [1.54, 1.807) is 0 Å². The standard InChI is InChI=1S/C16H30N2O2S/c1-12(2)15-11-18(8-10-21-15)16(19)17-13(3)6-7-14-5-4-9-20-14/h12-15H,4-11H2,1-3H3,(H,17,19)/t13-,14-,15+/m1/s1. The zero-order valence-corrected chi connectivity index (χ0v) is 14.5. The maximum absolute atomic E-state index is 12.3. The first-order valence-corrected chi connectivity index (χ1v) is 9.39. The molecule has 2 amide bonds. The Labute approximate surface area is 133 Å². The van der Waals surface area contributed by atoms with E-state index in [1.807, 2.05) is 16.7 Å². The summed E-state index contributed by atoms with van der Waals surface area (Å²) < 4.78 is 5.64. The first kappa shape index (κ1) is 16.9. The van der Waals surface area contributed by atoms with Crippen LogP contribution in [0, 0.1) is 5.92 Å². The van der Waals surface area contributed by atoms with Gasteiger partial charge < -0.3 is 15.0 Å². The molecule has 122 valence electrons. The molecular weight excluding hydrogens is 284 g/mol. The summed E-state index contributed by atoms with van der Waals surface area (Å²) >= 11 is 2.00. The fourth-order valence-electron chi connectivity index (χ4n) is 2.95. The molecule has 2 fully saturated rings. The number of urea groups is 1. The molecule has 0 aliphatic carbocycles. The van der Waals surface area contributed by atoms with Gasteiger partial charge in [0.15, 0.2) is 0 Å². The summed E-state index contributed by atoms with van der Waals surface area (Å²) in [6, 6.07) is 0.342. The van der Waals surface area contributed by atoms with Crippen molar-refractivity contribution in [2.24, 2.45) is 5.92 Å². The molecule has 5 heteroatoms. The molecule has 0 radical (unpaired) electrons. The third-order valence-corrected chi connectivity index (χ3v) is 5.98. The van der Waals surface area contributed by atoms with E-state index in [9.17, 15) is 4.79 Å². The second kappa shape index (κ2) is 8.28. The first-order chi connectivity index (χ1) is 10.1. The van der Waals surface area contributed by atoms with Gasteiger partial charge >= 0.3 is 6.03 Å². The van der Waals surface area contributed by atoms with Gasteiger partial charge in [0.25, 0.3) is 0 Å². The van der Waals surface area contributed by atoms with Gasteiger partial charge in [0.05, 0.1) is 6.10 Å². The average molecular weight is 314 g/mol. The molecule has 0 saturated carbocycles. The lowest BCUT2D eigenvalue weighted by atomic mass is 10.1. The normalized spacial score (nSPS) is 27.9. The number of amides is 2. The van der Waals surface area contributed by atoms with Gasteiger partial charge in [-0.15, -0.1) is 0 Å². The lowest BCUT2D eigenvalue weighted by Crippen LogP contribution is -2.50. The van der Waals surface area contributed by atoms with Gasteiger partial charge in [0.1, 0.15) is 0 Å². The van der Waals surface area contributed by atoms with Crippen molar-refractivity contribution in [3.8, 4) is 0 Å². The molecule has 0 aromatic rings. The Hall–Kier alpha value is -0.420. The Morgan fingerprint density at radius 2 is 2.24 bits per heavy atom. The summed E-state index contributed by atoms with van der Waals surface area (Å²) in [5.74, 6) is 1.68. The number of thioether (sulfide) groups is 1. The first-order valence-electron chi connectivity index (χ1n) is 8.35. The van der Waals surface area contributed by atoms with Crippen LogP contribution in [0.25, 0.3) is 0 Å². The molecule has 2 aliphatic heterocycles. The summed E-state index contributed by atoms with van der Waals surface area (Å²) in [6.45, 7) is 9.25. The van der Waals surface area contributed by atoms with Crippen molar-refractivity contribution in [1.29, 1.82) is 0 Å². The molecule has 4 nitrogen and oxygen atoms in total. The fourth-order valence-corrected chi connectivity index (χ4v) is 4.24. The molecule has 0 aromatic carbocycles. The third kappa shape index (κ3) is 5.37. The van der Waals surface area contributed by atoms with Crippen molar-refractivity contribution in [2.75, 3.05) is 25.4 Å². The smallest absolute Gasteiger partial charge is 0.317 e. The number of nitrogens with one attached hydrogen (secondary N) is 1. The number of hydrogen-bond donors (Lipinski definition) is 1. The quantitative estimate of drug-likeness (QED) is 0.848. The number of carbonyl (C=O) groups excluding carboxylic acids is 1. The second-order valence-corrected chi connectivity index (χ2v) is 8.01. The molecule has 0 unspecified atom stereocenters. The molecule has 2 rings (SSSR count). The van der Waals surface area contributed by atoms with E-state index in [0.717, 1.165) is 38.3 Å². The van der Waals surface area contributed by atoms with Gasteiger partial charge in [-0.3, -0.25) is 0 Å². The number of rotatable bonds is 5. The van der Waals surface area contributed by atoms with E-state index < -0.39 is 0 Å². The highest BCUT2D eigenvalue weighted by Crippen LogP contribution is 2.25. The van der Waals surface area contributed by atoms with Crippen molar-refractivity contribution in [3.63, 3.8) is 0 Å². The molecule has 0 aromatic heterocycles. The molecule has 0 spiro atoms. The van der Waals surface area contributed by atoms with Gasteiger partial charge in [-0.05, 0) is 38.5 Å². The Balaban J connectivity index is 1.69. The van der Waals surface area contributed by atoms with Crippen molar-refractivity contribution in [1.82, 2.24) is 10.2 Å². The van der Waals surface area contributed by atoms with Crippen LogP contribution in [0.1, 0.15) is 46.5 Å². The fraction of sp³-hybridized carbons (Fsp3) is 0.938. The SMILES string of the molecule is CC(C)[C@@H]1CN(C(=O)N[C@H](C)CC[C@H]2CCCO2)CCS1. The Morgan fingerprint density at radius 3 is 2.90 bits per heavy atom. The van der Waals surface area contributed by atoms with Crippen LogP contribution in [0.5, 0.6) is 0 Å². The highest BCUT2D eigenvalue weighted by atomic mass is 32.2. The molecule has 21 heavy (non-hydrogen) atoms. The highest BCUT2D eigenvalue weighted by molar-refractivity contribution is 8.00. The summed E-state index contributed by atoms with van der Waals surface area (Å²) in [5, 5.41) is 3.73. The minimum atomic E-state index is 0.112. The van der Waals surface area contributed by atoms with Crippen LogP contribution in [0.2, 0.25) is 0 Å². The molecule has 2 saturated heterocycles. The summed E-state index contributed by atoms with van der Waals surface area (Å²) in [6.07, 6.45) is 4.85. The van der Waals surface area contributed by atoms with Gasteiger partial charge in [-0.1, -0.05) is 13.8 Å². The van der Waals surface area contributed by atoms with Gasteiger partial charge in [-0.2, -0.15) is 11.8 Å². The summed E-state index contributed by atoms with van der Waals surface area (Å²) in [5.41, 5.74) is 0. The van der Waals surface area contributed by atoms with E-state index in [0.29, 0.717) is 17.3 Å². The molecule has 2 aliphatic rings. The number of carbonyl (C=O) groups is 1. The third-order valence-electron chi connectivity index (χ3n) is 4.44. The van der Waals surface area contributed by atoms with Crippen LogP contribution < -0.4 is 5.32 Å². The molecule has 2 heterocycles. The van der Waals surface area contributed by atoms with Gasteiger partial charge in [0, 0.05) is 36.7 Å². The van der Waals surface area contributed by atoms with Crippen LogP contribution in [0.4, 0.5) is 4.79 Å². The van der Waals surface area contributed by atoms with Gasteiger partial charge in [-0.25, -0.2) is 4.79 Å². The Kier molecular flexibility index (Phi) is 6.68. The van der Waals surface area contributed by atoms with Crippen molar-refractivity contribution in [3.05, 3.63) is 0 Å². The minimum absolute atomic E-state index is 0.112.